The van der Waals surface area contributed by atoms with Crippen molar-refractivity contribution in [2.45, 2.75) is 26.2 Å². The van der Waals surface area contributed by atoms with Crippen molar-refractivity contribution in [3.8, 4) is 11.5 Å². The van der Waals surface area contributed by atoms with Crippen LogP contribution in [0.5, 0.6) is 11.5 Å². The summed E-state index contributed by atoms with van der Waals surface area (Å²) in [6.45, 7) is 6.43. The number of hydrogen-bond donors (Lipinski definition) is 0. The molecule has 0 aliphatic carbocycles. The van der Waals surface area contributed by atoms with Gasteiger partial charge in [0.05, 0.1) is 12.7 Å². The molecule has 0 saturated carbocycles. The maximum absolute atomic E-state index is 12.0. The first-order valence-corrected chi connectivity index (χ1v) is 6.87. The number of benzene rings is 2. The summed E-state index contributed by atoms with van der Waals surface area (Å²) in [6.07, 6.45) is 0. The largest absolute Gasteiger partial charge is 0.497 e. The van der Waals surface area contributed by atoms with E-state index in [1.807, 2.05) is 24.3 Å². The standard InChI is InChI=1S/C18H20O3/c1-18(2,3)14-7-11-16(12-8-14)21-17(19)13-5-9-15(20-4)10-6-13/h5-12H,1-4H3. The lowest BCUT2D eigenvalue weighted by atomic mass is 9.87. The second-order valence-corrected chi connectivity index (χ2v) is 5.89. The Bertz CT molecular complexity index is 604. The molecule has 0 radical (unpaired) electrons. The van der Waals surface area contributed by atoms with E-state index in [0.717, 1.165) is 0 Å². The Balaban J connectivity index is 2.08. The van der Waals surface area contributed by atoms with Gasteiger partial charge >= 0.3 is 5.97 Å². The lowest BCUT2D eigenvalue weighted by Crippen LogP contribution is -2.11. The van der Waals surface area contributed by atoms with Gasteiger partial charge in [-0.05, 0) is 47.4 Å². The minimum Gasteiger partial charge on any atom is -0.497 e. The molecule has 0 fully saturated rings. The van der Waals surface area contributed by atoms with Crippen molar-refractivity contribution in [2.24, 2.45) is 0 Å². The number of hydrogen-bond acceptors (Lipinski definition) is 3. The number of rotatable bonds is 3. The third kappa shape index (κ3) is 3.85. The molecule has 0 aliphatic rings. The van der Waals surface area contributed by atoms with Gasteiger partial charge in [0.15, 0.2) is 0 Å². The molecule has 0 N–H and O–H groups in total. The van der Waals surface area contributed by atoms with Crippen LogP contribution in [0.2, 0.25) is 0 Å². The van der Waals surface area contributed by atoms with E-state index in [1.54, 1.807) is 31.4 Å². The Morgan fingerprint density at radius 1 is 0.857 bits per heavy atom. The van der Waals surface area contributed by atoms with Crippen LogP contribution in [-0.4, -0.2) is 13.1 Å². The van der Waals surface area contributed by atoms with Gasteiger partial charge in [-0.2, -0.15) is 0 Å². The third-order valence-electron chi connectivity index (χ3n) is 3.26. The quantitative estimate of drug-likeness (QED) is 0.625. The predicted octanol–water partition coefficient (Wildman–Crippen LogP) is 4.21. The van der Waals surface area contributed by atoms with Crippen molar-refractivity contribution in [3.05, 3.63) is 59.7 Å². The Morgan fingerprint density at radius 2 is 1.38 bits per heavy atom. The Labute approximate surface area is 125 Å². The molecule has 110 valence electrons. The molecule has 2 aromatic rings. The molecule has 3 nitrogen and oxygen atoms in total. The molecule has 0 aliphatic heterocycles. The van der Waals surface area contributed by atoms with Crippen molar-refractivity contribution in [2.75, 3.05) is 7.11 Å². The molecule has 2 rings (SSSR count). The second-order valence-electron chi connectivity index (χ2n) is 5.89. The summed E-state index contributed by atoms with van der Waals surface area (Å²) in [4.78, 5) is 12.0. The summed E-state index contributed by atoms with van der Waals surface area (Å²) >= 11 is 0. The van der Waals surface area contributed by atoms with Crippen LogP contribution in [0.15, 0.2) is 48.5 Å². The van der Waals surface area contributed by atoms with E-state index in [2.05, 4.69) is 20.8 Å². The molecule has 0 atom stereocenters. The first-order chi connectivity index (χ1) is 9.90. The monoisotopic (exact) mass is 284 g/mol. The maximum Gasteiger partial charge on any atom is 0.343 e. The van der Waals surface area contributed by atoms with Gasteiger partial charge in [-0.1, -0.05) is 32.9 Å². The van der Waals surface area contributed by atoms with Gasteiger partial charge < -0.3 is 9.47 Å². The van der Waals surface area contributed by atoms with E-state index in [0.29, 0.717) is 17.1 Å². The number of carbonyl (C=O) groups is 1. The smallest absolute Gasteiger partial charge is 0.343 e. The van der Waals surface area contributed by atoms with E-state index < -0.39 is 0 Å². The van der Waals surface area contributed by atoms with Crippen LogP contribution < -0.4 is 9.47 Å². The molecular weight excluding hydrogens is 264 g/mol. The van der Waals surface area contributed by atoms with Crippen molar-refractivity contribution in [1.29, 1.82) is 0 Å². The van der Waals surface area contributed by atoms with Crippen molar-refractivity contribution in [3.63, 3.8) is 0 Å². The van der Waals surface area contributed by atoms with Crippen molar-refractivity contribution < 1.29 is 14.3 Å². The summed E-state index contributed by atoms with van der Waals surface area (Å²) in [5.74, 6) is 0.881. The minimum absolute atomic E-state index is 0.0819. The van der Waals surface area contributed by atoms with E-state index in [1.165, 1.54) is 5.56 Å². The highest BCUT2D eigenvalue weighted by Gasteiger charge is 2.14. The fraction of sp³-hybridized carbons (Fsp3) is 0.278. The van der Waals surface area contributed by atoms with Crippen LogP contribution >= 0.6 is 0 Å². The Hall–Kier alpha value is -2.29. The summed E-state index contributed by atoms with van der Waals surface area (Å²) in [6, 6.07) is 14.4. The van der Waals surface area contributed by atoms with E-state index in [-0.39, 0.29) is 11.4 Å². The van der Waals surface area contributed by atoms with Crippen molar-refractivity contribution >= 4 is 5.97 Å². The first-order valence-electron chi connectivity index (χ1n) is 6.87. The molecule has 0 unspecified atom stereocenters. The second kappa shape index (κ2) is 6.00. The third-order valence-corrected chi connectivity index (χ3v) is 3.26. The summed E-state index contributed by atoms with van der Waals surface area (Å²) < 4.78 is 10.4. The maximum atomic E-state index is 12.0. The molecule has 21 heavy (non-hydrogen) atoms. The number of carbonyl (C=O) groups excluding carboxylic acids is 1. The van der Waals surface area contributed by atoms with E-state index in [4.69, 9.17) is 9.47 Å². The molecular formula is C18H20O3. The molecule has 3 heteroatoms. The van der Waals surface area contributed by atoms with Gasteiger partial charge in [0.25, 0.3) is 0 Å². The summed E-state index contributed by atoms with van der Waals surface area (Å²) in [5.41, 5.74) is 1.78. The molecule has 0 aromatic heterocycles. The normalized spacial score (nSPS) is 11.0. The van der Waals surface area contributed by atoms with Gasteiger partial charge in [-0.25, -0.2) is 4.79 Å². The van der Waals surface area contributed by atoms with Gasteiger partial charge in [0, 0.05) is 0 Å². The average molecular weight is 284 g/mol. The van der Waals surface area contributed by atoms with Gasteiger partial charge in [0.2, 0.25) is 0 Å². The zero-order valence-corrected chi connectivity index (χ0v) is 12.8. The Kier molecular flexibility index (Phi) is 4.32. The number of ether oxygens (including phenoxy) is 2. The van der Waals surface area contributed by atoms with E-state index in [9.17, 15) is 4.79 Å². The van der Waals surface area contributed by atoms with Gasteiger partial charge in [0.1, 0.15) is 11.5 Å². The highest BCUT2D eigenvalue weighted by atomic mass is 16.5. The predicted molar refractivity (Wildman–Crippen MR) is 83.1 cm³/mol. The summed E-state index contributed by atoms with van der Waals surface area (Å²) in [7, 11) is 1.59. The van der Waals surface area contributed by atoms with Crippen LogP contribution in [0, 0.1) is 0 Å². The lowest BCUT2D eigenvalue weighted by Gasteiger charge is -2.19. The van der Waals surface area contributed by atoms with E-state index >= 15 is 0 Å². The zero-order chi connectivity index (χ0) is 15.5. The number of esters is 1. The van der Waals surface area contributed by atoms with Crippen molar-refractivity contribution in [1.82, 2.24) is 0 Å². The molecule has 0 amide bonds. The zero-order valence-electron chi connectivity index (χ0n) is 12.8. The topological polar surface area (TPSA) is 35.5 Å². The molecule has 0 saturated heterocycles. The fourth-order valence-electron chi connectivity index (χ4n) is 1.92. The van der Waals surface area contributed by atoms with Crippen LogP contribution in [0.3, 0.4) is 0 Å². The molecule has 0 bridgehead atoms. The van der Waals surface area contributed by atoms with Crippen LogP contribution in [0.4, 0.5) is 0 Å². The number of methoxy groups -OCH3 is 1. The molecule has 0 spiro atoms. The van der Waals surface area contributed by atoms with Crippen LogP contribution in [0.1, 0.15) is 36.7 Å². The summed E-state index contributed by atoms with van der Waals surface area (Å²) in [5, 5.41) is 0. The molecule has 0 heterocycles. The van der Waals surface area contributed by atoms with Crippen LogP contribution in [-0.2, 0) is 5.41 Å². The van der Waals surface area contributed by atoms with Crippen LogP contribution in [0.25, 0.3) is 0 Å². The molecule has 2 aromatic carbocycles. The highest BCUT2D eigenvalue weighted by Crippen LogP contribution is 2.24. The average Bonchev–Trinajstić information content (AvgIpc) is 2.47. The fourth-order valence-corrected chi connectivity index (χ4v) is 1.92. The van der Waals surface area contributed by atoms with Gasteiger partial charge in [-0.15, -0.1) is 0 Å². The Morgan fingerprint density at radius 3 is 1.86 bits per heavy atom. The SMILES string of the molecule is COc1ccc(C(=O)Oc2ccc(C(C)(C)C)cc2)cc1. The van der Waals surface area contributed by atoms with Gasteiger partial charge in [-0.3, -0.25) is 0 Å². The highest BCUT2D eigenvalue weighted by molar-refractivity contribution is 5.91. The first kappa shape index (κ1) is 15.1. The minimum atomic E-state index is -0.374. The lowest BCUT2D eigenvalue weighted by molar-refractivity contribution is 0.0734.